The number of aryl methyl sites for hydroxylation is 1. The zero-order chi connectivity index (χ0) is 22.1. The van der Waals surface area contributed by atoms with E-state index in [4.69, 9.17) is 16.3 Å². The highest BCUT2D eigenvalue weighted by Gasteiger charge is 2.40. The standard InChI is InChI=1S/C24H18ClFN2O3/c1-14-6-11-20(31-2)19(12-14)27-22-21(15-7-9-17(26)10-8-15)23(29)28(24(22)30)18-5-3-4-16(25)13-18/h3-13,27H,1-2H3. The molecule has 1 aliphatic rings. The molecule has 4 rings (SSSR count). The molecule has 156 valence electrons. The second-order valence-electron chi connectivity index (χ2n) is 7.01. The quantitative estimate of drug-likeness (QED) is 0.559. The van der Waals surface area contributed by atoms with Crippen LogP contribution in [0.4, 0.5) is 15.8 Å². The van der Waals surface area contributed by atoms with Crippen molar-refractivity contribution >= 4 is 40.4 Å². The van der Waals surface area contributed by atoms with Gasteiger partial charge in [-0.2, -0.15) is 0 Å². The summed E-state index contributed by atoms with van der Waals surface area (Å²) < 4.78 is 18.9. The minimum absolute atomic E-state index is 0.0699. The molecule has 0 radical (unpaired) electrons. The van der Waals surface area contributed by atoms with E-state index in [1.54, 1.807) is 24.3 Å². The number of nitrogens with one attached hydrogen (secondary N) is 1. The van der Waals surface area contributed by atoms with Crippen LogP contribution >= 0.6 is 11.6 Å². The molecule has 1 aliphatic heterocycles. The topological polar surface area (TPSA) is 58.6 Å². The van der Waals surface area contributed by atoms with Gasteiger partial charge in [-0.05, 0) is 60.5 Å². The lowest BCUT2D eigenvalue weighted by atomic mass is 10.0. The van der Waals surface area contributed by atoms with E-state index in [-0.39, 0.29) is 11.3 Å². The molecule has 0 saturated carbocycles. The Labute approximate surface area is 183 Å². The lowest BCUT2D eigenvalue weighted by Crippen LogP contribution is -2.32. The van der Waals surface area contributed by atoms with Gasteiger partial charge in [0.1, 0.15) is 17.3 Å². The van der Waals surface area contributed by atoms with Crippen LogP contribution in [0.3, 0.4) is 0 Å². The number of halogens is 2. The van der Waals surface area contributed by atoms with E-state index in [1.165, 1.54) is 37.4 Å². The maximum atomic E-state index is 13.5. The van der Waals surface area contributed by atoms with Crippen LogP contribution < -0.4 is 15.0 Å². The molecular formula is C24H18ClFN2O3. The Hall–Kier alpha value is -3.64. The Bertz CT molecular complexity index is 1220. The van der Waals surface area contributed by atoms with Crippen molar-refractivity contribution in [1.29, 1.82) is 0 Å². The Kier molecular flexibility index (Phi) is 5.48. The summed E-state index contributed by atoms with van der Waals surface area (Å²) in [6, 6.07) is 17.3. The maximum Gasteiger partial charge on any atom is 0.282 e. The highest BCUT2D eigenvalue weighted by atomic mass is 35.5. The van der Waals surface area contributed by atoms with Gasteiger partial charge in [0.15, 0.2) is 0 Å². The third kappa shape index (κ3) is 3.90. The number of carbonyl (C=O) groups is 2. The first-order valence-corrected chi connectivity index (χ1v) is 9.83. The highest BCUT2D eigenvalue weighted by Crippen LogP contribution is 2.36. The van der Waals surface area contributed by atoms with Gasteiger partial charge in [0, 0.05) is 5.02 Å². The molecule has 7 heteroatoms. The highest BCUT2D eigenvalue weighted by molar-refractivity contribution is 6.46. The molecule has 3 aromatic rings. The van der Waals surface area contributed by atoms with Crippen LogP contribution in [0.25, 0.3) is 5.57 Å². The van der Waals surface area contributed by atoms with Gasteiger partial charge in [0.2, 0.25) is 0 Å². The fraction of sp³-hybridized carbons (Fsp3) is 0.0833. The Morgan fingerprint density at radius 3 is 2.39 bits per heavy atom. The average molecular weight is 437 g/mol. The average Bonchev–Trinajstić information content (AvgIpc) is 2.98. The molecule has 31 heavy (non-hydrogen) atoms. The lowest BCUT2D eigenvalue weighted by Gasteiger charge is -2.16. The van der Waals surface area contributed by atoms with Crippen LogP contribution in [0.2, 0.25) is 5.02 Å². The van der Waals surface area contributed by atoms with Crippen molar-refractivity contribution < 1.29 is 18.7 Å². The fourth-order valence-corrected chi connectivity index (χ4v) is 3.62. The van der Waals surface area contributed by atoms with Gasteiger partial charge in [-0.1, -0.05) is 35.9 Å². The smallest absolute Gasteiger partial charge is 0.282 e. The monoisotopic (exact) mass is 436 g/mol. The normalized spacial score (nSPS) is 13.7. The number of rotatable bonds is 5. The molecule has 5 nitrogen and oxygen atoms in total. The van der Waals surface area contributed by atoms with Gasteiger partial charge in [0.25, 0.3) is 11.8 Å². The van der Waals surface area contributed by atoms with E-state index < -0.39 is 17.6 Å². The van der Waals surface area contributed by atoms with Crippen LogP contribution in [0.15, 0.2) is 72.4 Å². The van der Waals surface area contributed by atoms with Gasteiger partial charge in [-0.3, -0.25) is 9.59 Å². The first-order chi connectivity index (χ1) is 14.9. The third-order valence-corrected chi connectivity index (χ3v) is 5.13. The first-order valence-electron chi connectivity index (χ1n) is 9.45. The molecule has 0 bridgehead atoms. The summed E-state index contributed by atoms with van der Waals surface area (Å²) in [5.41, 5.74) is 2.43. The third-order valence-electron chi connectivity index (χ3n) is 4.90. The van der Waals surface area contributed by atoms with E-state index in [0.29, 0.717) is 27.7 Å². The molecule has 0 spiro atoms. The number of imide groups is 1. The molecule has 2 amide bonds. The second-order valence-corrected chi connectivity index (χ2v) is 7.45. The number of ether oxygens (including phenoxy) is 1. The Balaban J connectivity index is 1.86. The van der Waals surface area contributed by atoms with Crippen molar-refractivity contribution in [3.63, 3.8) is 0 Å². The number of benzene rings is 3. The zero-order valence-electron chi connectivity index (χ0n) is 16.8. The van der Waals surface area contributed by atoms with Gasteiger partial charge >= 0.3 is 0 Å². The molecule has 0 atom stereocenters. The van der Waals surface area contributed by atoms with E-state index >= 15 is 0 Å². The molecule has 1 heterocycles. The van der Waals surface area contributed by atoms with Gasteiger partial charge in [-0.15, -0.1) is 0 Å². The van der Waals surface area contributed by atoms with Crippen molar-refractivity contribution in [3.05, 3.63) is 94.4 Å². The first kappa shape index (κ1) is 20.6. The summed E-state index contributed by atoms with van der Waals surface area (Å²) in [5, 5.41) is 3.47. The molecule has 0 aromatic heterocycles. The number of anilines is 2. The molecule has 0 unspecified atom stereocenters. The van der Waals surface area contributed by atoms with E-state index in [1.807, 2.05) is 19.1 Å². The van der Waals surface area contributed by atoms with Crippen molar-refractivity contribution in [1.82, 2.24) is 0 Å². The number of hydrogen-bond donors (Lipinski definition) is 1. The predicted molar refractivity (Wildman–Crippen MR) is 119 cm³/mol. The van der Waals surface area contributed by atoms with Gasteiger partial charge < -0.3 is 10.1 Å². The summed E-state index contributed by atoms with van der Waals surface area (Å²) in [6.07, 6.45) is 0. The van der Waals surface area contributed by atoms with Crippen molar-refractivity contribution in [2.24, 2.45) is 0 Å². The summed E-state index contributed by atoms with van der Waals surface area (Å²) in [5.74, 6) is -1.01. The lowest BCUT2D eigenvalue weighted by molar-refractivity contribution is -0.120. The van der Waals surface area contributed by atoms with Crippen LogP contribution in [-0.4, -0.2) is 18.9 Å². The largest absolute Gasteiger partial charge is 0.495 e. The van der Waals surface area contributed by atoms with Gasteiger partial charge in [-0.25, -0.2) is 9.29 Å². The number of hydrogen-bond acceptors (Lipinski definition) is 4. The summed E-state index contributed by atoms with van der Waals surface area (Å²) in [7, 11) is 1.52. The molecule has 0 fully saturated rings. The molecule has 1 N–H and O–H groups in total. The number of amides is 2. The predicted octanol–water partition coefficient (Wildman–Crippen LogP) is 5.19. The van der Waals surface area contributed by atoms with Crippen molar-refractivity contribution in [2.75, 3.05) is 17.3 Å². The van der Waals surface area contributed by atoms with Crippen molar-refractivity contribution in [3.8, 4) is 5.75 Å². The van der Waals surface area contributed by atoms with Gasteiger partial charge in [0.05, 0.1) is 24.1 Å². The van der Waals surface area contributed by atoms with E-state index in [0.717, 1.165) is 10.5 Å². The Morgan fingerprint density at radius 1 is 0.968 bits per heavy atom. The van der Waals surface area contributed by atoms with Crippen molar-refractivity contribution in [2.45, 2.75) is 6.92 Å². The SMILES string of the molecule is COc1ccc(C)cc1NC1=C(c2ccc(F)cc2)C(=O)N(c2cccc(Cl)c2)C1=O. The summed E-state index contributed by atoms with van der Waals surface area (Å²) in [4.78, 5) is 27.8. The molecule has 0 saturated heterocycles. The van der Waals surface area contributed by atoms with Crippen LogP contribution in [0, 0.1) is 12.7 Å². The number of carbonyl (C=O) groups excluding carboxylic acids is 2. The number of nitrogens with zero attached hydrogens (tertiary/aromatic N) is 1. The van der Waals surface area contributed by atoms with E-state index in [2.05, 4.69) is 5.32 Å². The zero-order valence-corrected chi connectivity index (χ0v) is 17.5. The van der Waals surface area contributed by atoms with Crippen LogP contribution in [-0.2, 0) is 9.59 Å². The van der Waals surface area contributed by atoms with E-state index in [9.17, 15) is 14.0 Å². The minimum atomic E-state index is -0.546. The van der Waals surface area contributed by atoms with Crippen LogP contribution in [0.5, 0.6) is 5.75 Å². The maximum absolute atomic E-state index is 13.5. The minimum Gasteiger partial charge on any atom is -0.495 e. The fourth-order valence-electron chi connectivity index (χ4n) is 3.43. The molecule has 0 aliphatic carbocycles. The Morgan fingerprint density at radius 2 is 1.71 bits per heavy atom. The molecule has 3 aromatic carbocycles. The van der Waals surface area contributed by atoms with Crippen LogP contribution in [0.1, 0.15) is 11.1 Å². The molecular weight excluding hydrogens is 419 g/mol. The number of methoxy groups -OCH3 is 1. The second kappa shape index (κ2) is 8.24. The summed E-state index contributed by atoms with van der Waals surface area (Å²) >= 11 is 6.08. The summed E-state index contributed by atoms with van der Waals surface area (Å²) in [6.45, 7) is 1.90.